The van der Waals surface area contributed by atoms with Gasteiger partial charge in [0, 0.05) is 6.26 Å². The monoisotopic (exact) mass is 294 g/mol. The van der Waals surface area contributed by atoms with Crippen LogP contribution in [0.15, 0.2) is 21.2 Å². The van der Waals surface area contributed by atoms with Gasteiger partial charge in [-0.1, -0.05) is 0 Å². The SMILES string of the molecule is CC(C)(C(=O)c1ccc(Br)o1)S(C)(=O)=O. The van der Waals surface area contributed by atoms with Crippen LogP contribution in [0.2, 0.25) is 0 Å². The van der Waals surface area contributed by atoms with Gasteiger partial charge in [0.25, 0.3) is 0 Å². The highest BCUT2D eigenvalue weighted by Gasteiger charge is 2.40. The molecule has 15 heavy (non-hydrogen) atoms. The zero-order chi connectivity index (χ0) is 11.9. The number of rotatable bonds is 3. The van der Waals surface area contributed by atoms with E-state index >= 15 is 0 Å². The van der Waals surface area contributed by atoms with Gasteiger partial charge in [-0.15, -0.1) is 0 Å². The molecule has 0 radical (unpaired) electrons. The summed E-state index contributed by atoms with van der Waals surface area (Å²) in [6.45, 7) is 2.72. The Balaban J connectivity index is 3.16. The Morgan fingerprint density at radius 1 is 1.40 bits per heavy atom. The molecule has 1 heterocycles. The van der Waals surface area contributed by atoms with Gasteiger partial charge in [-0.2, -0.15) is 0 Å². The fraction of sp³-hybridized carbons (Fsp3) is 0.444. The molecule has 0 saturated carbocycles. The average molecular weight is 295 g/mol. The van der Waals surface area contributed by atoms with E-state index in [0.717, 1.165) is 6.26 Å². The van der Waals surface area contributed by atoms with Crippen molar-refractivity contribution < 1.29 is 17.6 Å². The Morgan fingerprint density at radius 2 is 1.93 bits per heavy atom. The first-order chi connectivity index (χ1) is 6.66. The molecule has 0 N–H and O–H groups in total. The molecule has 84 valence electrons. The van der Waals surface area contributed by atoms with E-state index < -0.39 is 20.4 Å². The summed E-state index contributed by atoms with van der Waals surface area (Å²) < 4.78 is 26.8. The van der Waals surface area contributed by atoms with E-state index in [2.05, 4.69) is 15.9 Å². The molecule has 1 rings (SSSR count). The fourth-order valence-electron chi connectivity index (χ4n) is 0.901. The lowest BCUT2D eigenvalue weighted by molar-refractivity contribution is 0.0925. The quantitative estimate of drug-likeness (QED) is 0.801. The zero-order valence-corrected chi connectivity index (χ0v) is 11.0. The van der Waals surface area contributed by atoms with Crippen LogP contribution in [0.4, 0.5) is 0 Å². The lowest BCUT2D eigenvalue weighted by Crippen LogP contribution is -2.39. The molecule has 0 saturated heterocycles. The lowest BCUT2D eigenvalue weighted by Gasteiger charge is -2.18. The number of hydrogen-bond acceptors (Lipinski definition) is 4. The van der Waals surface area contributed by atoms with Crippen LogP contribution in [0, 0.1) is 0 Å². The first-order valence-electron chi connectivity index (χ1n) is 4.16. The standard InChI is InChI=1S/C9H11BrO4S/c1-9(2,15(3,12)13)8(11)6-4-5-7(10)14-6/h4-5H,1-3H3. The summed E-state index contributed by atoms with van der Waals surface area (Å²) in [6.07, 6.45) is 1.03. The summed E-state index contributed by atoms with van der Waals surface area (Å²) in [7, 11) is -3.47. The van der Waals surface area contributed by atoms with Gasteiger partial charge in [-0.3, -0.25) is 4.79 Å². The number of Topliss-reactive ketones (excluding diaryl/α,β-unsaturated/α-hetero) is 1. The van der Waals surface area contributed by atoms with Crippen molar-refractivity contribution in [2.24, 2.45) is 0 Å². The van der Waals surface area contributed by atoms with Crippen LogP contribution in [0.3, 0.4) is 0 Å². The van der Waals surface area contributed by atoms with Crippen molar-refractivity contribution in [1.29, 1.82) is 0 Å². The molecule has 1 aromatic heterocycles. The molecule has 1 aromatic rings. The molecule has 6 heteroatoms. The Kier molecular flexibility index (Phi) is 3.11. The number of halogens is 1. The van der Waals surface area contributed by atoms with E-state index in [1.54, 1.807) is 6.07 Å². The second-order valence-electron chi connectivity index (χ2n) is 3.72. The number of furan rings is 1. The van der Waals surface area contributed by atoms with Crippen molar-refractivity contribution in [3.8, 4) is 0 Å². The molecule has 4 nitrogen and oxygen atoms in total. The van der Waals surface area contributed by atoms with Crippen LogP contribution in [-0.4, -0.2) is 25.2 Å². The molecule has 0 aromatic carbocycles. The minimum atomic E-state index is -3.47. The molecule has 0 spiro atoms. The first kappa shape index (κ1) is 12.4. The second kappa shape index (κ2) is 3.75. The van der Waals surface area contributed by atoms with Crippen molar-refractivity contribution in [1.82, 2.24) is 0 Å². The van der Waals surface area contributed by atoms with E-state index in [1.165, 1.54) is 19.9 Å². The number of sulfone groups is 1. The molecular weight excluding hydrogens is 284 g/mol. The maximum absolute atomic E-state index is 11.8. The molecule has 0 aliphatic carbocycles. The van der Waals surface area contributed by atoms with Gasteiger partial charge < -0.3 is 4.42 Å². The maximum atomic E-state index is 11.8. The van der Waals surface area contributed by atoms with Crippen molar-refractivity contribution in [3.63, 3.8) is 0 Å². The Hall–Kier alpha value is -0.620. The second-order valence-corrected chi connectivity index (χ2v) is 7.06. The molecule has 0 atom stereocenters. The topological polar surface area (TPSA) is 64.3 Å². The predicted molar refractivity (Wildman–Crippen MR) is 59.7 cm³/mol. The van der Waals surface area contributed by atoms with Crippen molar-refractivity contribution in [2.75, 3.05) is 6.26 Å². The highest BCUT2D eigenvalue weighted by Crippen LogP contribution is 2.24. The molecule has 0 aliphatic heterocycles. The zero-order valence-electron chi connectivity index (χ0n) is 8.57. The Morgan fingerprint density at radius 3 is 2.27 bits per heavy atom. The van der Waals surface area contributed by atoms with Gasteiger partial charge in [0.15, 0.2) is 20.3 Å². The van der Waals surface area contributed by atoms with Crippen LogP contribution < -0.4 is 0 Å². The van der Waals surface area contributed by atoms with Crippen molar-refractivity contribution in [3.05, 3.63) is 22.6 Å². The maximum Gasteiger partial charge on any atom is 0.218 e. The first-order valence-corrected chi connectivity index (χ1v) is 6.84. The van der Waals surface area contributed by atoms with Crippen molar-refractivity contribution in [2.45, 2.75) is 18.6 Å². The molecular formula is C9H11BrO4S. The molecule has 0 amide bonds. The highest BCUT2D eigenvalue weighted by atomic mass is 79.9. The summed E-state index contributed by atoms with van der Waals surface area (Å²) in [5.41, 5.74) is 0. The summed E-state index contributed by atoms with van der Waals surface area (Å²) >= 11 is 3.05. The number of carbonyl (C=O) groups is 1. The van der Waals surface area contributed by atoms with Crippen LogP contribution >= 0.6 is 15.9 Å². The fourth-order valence-corrected chi connectivity index (χ4v) is 1.65. The van der Waals surface area contributed by atoms with Gasteiger partial charge in [0.2, 0.25) is 5.78 Å². The van der Waals surface area contributed by atoms with Crippen LogP contribution in [0.5, 0.6) is 0 Å². The normalized spacial score (nSPS) is 12.8. The minimum Gasteiger partial charge on any atom is -0.446 e. The Bertz CT molecular complexity index is 484. The largest absolute Gasteiger partial charge is 0.446 e. The summed E-state index contributed by atoms with van der Waals surface area (Å²) in [6, 6.07) is 2.99. The third kappa shape index (κ3) is 2.31. The van der Waals surface area contributed by atoms with Gasteiger partial charge in [-0.25, -0.2) is 8.42 Å². The average Bonchev–Trinajstić information content (AvgIpc) is 2.48. The van der Waals surface area contributed by atoms with Gasteiger partial charge in [0.05, 0.1) is 0 Å². The van der Waals surface area contributed by atoms with E-state index in [-0.39, 0.29) is 5.76 Å². The van der Waals surface area contributed by atoms with E-state index in [1.807, 2.05) is 0 Å². The third-order valence-electron chi connectivity index (χ3n) is 2.27. The van der Waals surface area contributed by atoms with Crippen LogP contribution in [-0.2, 0) is 9.84 Å². The molecule has 0 bridgehead atoms. The third-order valence-corrected chi connectivity index (χ3v) is 4.74. The molecule has 0 fully saturated rings. The minimum absolute atomic E-state index is 0.0392. The summed E-state index contributed by atoms with van der Waals surface area (Å²) in [5, 5.41) is 0. The van der Waals surface area contributed by atoms with E-state index in [0.29, 0.717) is 4.67 Å². The summed E-state index contributed by atoms with van der Waals surface area (Å²) in [5.74, 6) is -0.506. The number of hydrogen-bond donors (Lipinski definition) is 0. The van der Waals surface area contributed by atoms with Gasteiger partial charge in [-0.05, 0) is 41.9 Å². The van der Waals surface area contributed by atoms with E-state index in [9.17, 15) is 13.2 Å². The Labute approximate surface area is 96.7 Å². The van der Waals surface area contributed by atoms with Crippen molar-refractivity contribution >= 4 is 31.6 Å². The molecule has 0 aliphatic rings. The van der Waals surface area contributed by atoms with Crippen LogP contribution in [0.25, 0.3) is 0 Å². The van der Waals surface area contributed by atoms with Gasteiger partial charge >= 0.3 is 0 Å². The van der Waals surface area contributed by atoms with Gasteiger partial charge in [0.1, 0.15) is 4.75 Å². The molecule has 0 unspecified atom stereocenters. The lowest BCUT2D eigenvalue weighted by atomic mass is 10.1. The van der Waals surface area contributed by atoms with E-state index in [4.69, 9.17) is 4.42 Å². The number of carbonyl (C=O) groups excluding carboxylic acids is 1. The smallest absolute Gasteiger partial charge is 0.218 e. The number of ketones is 1. The highest BCUT2D eigenvalue weighted by molar-refractivity contribution is 9.10. The van der Waals surface area contributed by atoms with Crippen LogP contribution in [0.1, 0.15) is 24.4 Å². The summed E-state index contributed by atoms with van der Waals surface area (Å²) in [4.78, 5) is 11.8. The predicted octanol–water partition coefficient (Wildman–Crippen LogP) is 2.05.